The standard InChI is InChI=1S/C20H27N5O3S/c1-10-5-6-15-14(7-10)16-18-22-17(23-25(18)13(4)21-19(16)29-15)20(28)24(8-11(2)26)9-12(3)27/h10-12,26-27H,5-9H2,1-4H3. The molecule has 0 bridgehead atoms. The molecule has 1 aliphatic rings. The summed E-state index contributed by atoms with van der Waals surface area (Å²) in [4.78, 5) is 26.1. The number of amides is 1. The minimum atomic E-state index is -0.713. The van der Waals surface area contributed by atoms with Crippen molar-refractivity contribution in [2.24, 2.45) is 5.92 Å². The van der Waals surface area contributed by atoms with Gasteiger partial charge in [0.25, 0.3) is 5.91 Å². The number of aryl methyl sites for hydroxylation is 2. The Hall–Kier alpha value is -2.10. The number of aromatic nitrogens is 4. The number of carbonyl (C=O) groups excluding carboxylic acids is 1. The van der Waals surface area contributed by atoms with E-state index >= 15 is 0 Å². The zero-order valence-corrected chi connectivity index (χ0v) is 18.0. The second-order valence-electron chi connectivity index (χ2n) is 8.27. The number of aliphatic hydroxyl groups excluding tert-OH is 2. The topological polar surface area (TPSA) is 104 Å². The van der Waals surface area contributed by atoms with E-state index in [1.807, 2.05) is 6.92 Å². The Morgan fingerprint density at radius 2 is 1.97 bits per heavy atom. The largest absolute Gasteiger partial charge is 0.392 e. The smallest absolute Gasteiger partial charge is 0.293 e. The SMILES string of the molecule is Cc1nc2sc3c(c2c2nc(C(=O)N(CC(C)O)CC(C)O)nn12)CC(C)CC3. The highest BCUT2D eigenvalue weighted by Crippen LogP contribution is 2.39. The number of hydrogen-bond acceptors (Lipinski definition) is 7. The van der Waals surface area contributed by atoms with Gasteiger partial charge in [0.15, 0.2) is 5.65 Å². The molecule has 156 valence electrons. The predicted molar refractivity (Wildman–Crippen MR) is 111 cm³/mol. The maximum atomic E-state index is 13.1. The molecule has 0 saturated heterocycles. The minimum absolute atomic E-state index is 0.0625. The molecule has 29 heavy (non-hydrogen) atoms. The zero-order chi connectivity index (χ0) is 20.9. The van der Waals surface area contributed by atoms with Gasteiger partial charge in [0, 0.05) is 18.0 Å². The van der Waals surface area contributed by atoms with Crippen molar-refractivity contribution in [3.8, 4) is 0 Å². The fraction of sp³-hybridized carbons (Fsp3) is 0.600. The number of rotatable bonds is 5. The fourth-order valence-corrected chi connectivity index (χ4v) is 5.31. The predicted octanol–water partition coefficient (Wildman–Crippen LogP) is 1.98. The average molecular weight is 418 g/mol. The lowest BCUT2D eigenvalue weighted by Gasteiger charge is -2.23. The molecule has 0 aliphatic heterocycles. The van der Waals surface area contributed by atoms with Crippen LogP contribution in [-0.2, 0) is 12.8 Å². The number of aliphatic hydroxyl groups is 2. The van der Waals surface area contributed by atoms with Crippen LogP contribution in [-0.4, -0.2) is 65.9 Å². The third-order valence-electron chi connectivity index (χ3n) is 5.34. The summed E-state index contributed by atoms with van der Waals surface area (Å²) in [5.41, 5.74) is 1.95. The fourth-order valence-electron chi connectivity index (χ4n) is 4.06. The summed E-state index contributed by atoms with van der Waals surface area (Å²) in [5, 5.41) is 25.0. The lowest BCUT2D eigenvalue weighted by molar-refractivity contribution is 0.0507. The van der Waals surface area contributed by atoms with Crippen molar-refractivity contribution in [3.63, 3.8) is 0 Å². The molecule has 0 radical (unpaired) electrons. The molecule has 0 saturated carbocycles. The van der Waals surface area contributed by atoms with Gasteiger partial charge >= 0.3 is 0 Å². The number of carbonyl (C=O) groups is 1. The first-order valence-electron chi connectivity index (χ1n) is 10.1. The summed E-state index contributed by atoms with van der Waals surface area (Å²) in [7, 11) is 0. The van der Waals surface area contributed by atoms with Crippen LogP contribution >= 0.6 is 11.3 Å². The summed E-state index contributed by atoms with van der Waals surface area (Å²) >= 11 is 1.72. The third-order valence-corrected chi connectivity index (χ3v) is 6.52. The highest BCUT2D eigenvalue weighted by Gasteiger charge is 2.27. The maximum Gasteiger partial charge on any atom is 0.293 e. The molecule has 0 aromatic carbocycles. The van der Waals surface area contributed by atoms with E-state index in [1.165, 1.54) is 21.8 Å². The van der Waals surface area contributed by atoms with Gasteiger partial charge < -0.3 is 15.1 Å². The van der Waals surface area contributed by atoms with Crippen LogP contribution in [0.1, 0.15) is 54.1 Å². The number of fused-ring (bicyclic) bond motifs is 5. The van der Waals surface area contributed by atoms with Crippen molar-refractivity contribution < 1.29 is 15.0 Å². The van der Waals surface area contributed by atoms with Gasteiger partial charge in [0.2, 0.25) is 5.82 Å². The molecule has 9 heteroatoms. The van der Waals surface area contributed by atoms with E-state index in [0.29, 0.717) is 17.4 Å². The average Bonchev–Trinajstić information content (AvgIpc) is 3.21. The summed E-state index contributed by atoms with van der Waals surface area (Å²) in [6, 6.07) is 0. The molecule has 1 amide bonds. The molecular formula is C20H27N5O3S. The van der Waals surface area contributed by atoms with E-state index < -0.39 is 18.1 Å². The quantitative estimate of drug-likeness (QED) is 0.658. The van der Waals surface area contributed by atoms with E-state index in [2.05, 4.69) is 17.0 Å². The van der Waals surface area contributed by atoms with Crippen LogP contribution in [0.25, 0.3) is 15.9 Å². The normalized spacial score (nSPS) is 18.8. The van der Waals surface area contributed by atoms with Crippen molar-refractivity contribution in [3.05, 3.63) is 22.1 Å². The van der Waals surface area contributed by atoms with Gasteiger partial charge in [-0.05, 0) is 51.5 Å². The molecular weight excluding hydrogens is 390 g/mol. The van der Waals surface area contributed by atoms with Gasteiger partial charge in [-0.3, -0.25) is 4.79 Å². The molecule has 0 spiro atoms. The lowest BCUT2D eigenvalue weighted by atomic mass is 9.89. The summed E-state index contributed by atoms with van der Waals surface area (Å²) < 4.78 is 1.64. The van der Waals surface area contributed by atoms with Crippen LogP contribution in [0.15, 0.2) is 0 Å². The van der Waals surface area contributed by atoms with Crippen molar-refractivity contribution in [2.45, 2.75) is 59.2 Å². The van der Waals surface area contributed by atoms with E-state index in [9.17, 15) is 15.0 Å². The summed E-state index contributed by atoms with van der Waals surface area (Å²) in [6.45, 7) is 7.55. The van der Waals surface area contributed by atoms with E-state index in [1.54, 1.807) is 29.7 Å². The van der Waals surface area contributed by atoms with Crippen molar-refractivity contribution in [2.75, 3.05) is 13.1 Å². The molecule has 4 rings (SSSR count). The van der Waals surface area contributed by atoms with Crippen molar-refractivity contribution in [1.29, 1.82) is 0 Å². The zero-order valence-electron chi connectivity index (χ0n) is 17.2. The lowest BCUT2D eigenvalue weighted by Crippen LogP contribution is -2.41. The van der Waals surface area contributed by atoms with E-state index in [4.69, 9.17) is 4.98 Å². The first-order valence-corrected chi connectivity index (χ1v) is 10.9. The Kier molecular flexibility index (Phi) is 5.30. The highest BCUT2D eigenvalue weighted by atomic mass is 32.1. The number of thiophene rings is 1. The molecule has 3 aromatic rings. The van der Waals surface area contributed by atoms with Gasteiger partial charge in [-0.2, -0.15) is 4.52 Å². The number of hydrogen-bond donors (Lipinski definition) is 2. The van der Waals surface area contributed by atoms with Crippen LogP contribution in [0.2, 0.25) is 0 Å². The van der Waals surface area contributed by atoms with Crippen molar-refractivity contribution in [1.82, 2.24) is 24.5 Å². The van der Waals surface area contributed by atoms with Crippen LogP contribution in [0, 0.1) is 12.8 Å². The van der Waals surface area contributed by atoms with Crippen molar-refractivity contribution >= 4 is 33.1 Å². The van der Waals surface area contributed by atoms with E-state index in [-0.39, 0.29) is 18.9 Å². The van der Waals surface area contributed by atoms with Gasteiger partial charge in [0.1, 0.15) is 10.7 Å². The molecule has 2 N–H and O–H groups in total. The van der Waals surface area contributed by atoms with Crippen LogP contribution in [0.4, 0.5) is 0 Å². The molecule has 3 heterocycles. The van der Waals surface area contributed by atoms with Gasteiger partial charge in [-0.15, -0.1) is 16.4 Å². The Morgan fingerprint density at radius 1 is 1.28 bits per heavy atom. The molecule has 3 atom stereocenters. The third kappa shape index (κ3) is 3.74. The first kappa shape index (κ1) is 20.2. The van der Waals surface area contributed by atoms with Gasteiger partial charge in [-0.25, -0.2) is 9.97 Å². The molecule has 0 fully saturated rings. The van der Waals surface area contributed by atoms with Gasteiger partial charge in [-0.1, -0.05) is 6.92 Å². The Balaban J connectivity index is 1.82. The summed E-state index contributed by atoms with van der Waals surface area (Å²) in [5.74, 6) is 0.953. The second-order valence-corrected chi connectivity index (χ2v) is 9.35. The maximum absolute atomic E-state index is 13.1. The van der Waals surface area contributed by atoms with Crippen LogP contribution < -0.4 is 0 Å². The Labute approximate surface area is 173 Å². The molecule has 8 nitrogen and oxygen atoms in total. The van der Waals surface area contributed by atoms with Gasteiger partial charge in [0.05, 0.1) is 17.6 Å². The molecule has 3 aromatic heterocycles. The minimum Gasteiger partial charge on any atom is -0.392 e. The Bertz CT molecular complexity index is 1060. The van der Waals surface area contributed by atoms with E-state index in [0.717, 1.165) is 23.1 Å². The highest BCUT2D eigenvalue weighted by molar-refractivity contribution is 7.19. The Morgan fingerprint density at radius 3 is 2.62 bits per heavy atom. The first-order chi connectivity index (χ1) is 13.7. The monoisotopic (exact) mass is 417 g/mol. The second kappa shape index (κ2) is 7.62. The number of nitrogens with zero attached hydrogens (tertiary/aromatic N) is 5. The summed E-state index contributed by atoms with van der Waals surface area (Å²) in [6.07, 6.45) is 1.80. The van der Waals surface area contributed by atoms with Crippen LogP contribution in [0.5, 0.6) is 0 Å². The van der Waals surface area contributed by atoms with Crippen LogP contribution in [0.3, 0.4) is 0 Å². The molecule has 1 aliphatic carbocycles. The molecule has 3 unspecified atom stereocenters.